The van der Waals surface area contributed by atoms with Gasteiger partial charge < -0.3 is 0 Å². The van der Waals surface area contributed by atoms with Crippen LogP contribution in [0.3, 0.4) is 0 Å². The van der Waals surface area contributed by atoms with Gasteiger partial charge in [0.2, 0.25) is 0 Å². The van der Waals surface area contributed by atoms with Crippen molar-refractivity contribution in [1.29, 1.82) is 0 Å². The second-order valence-corrected chi connectivity index (χ2v) is 11.8. The maximum absolute atomic E-state index is 5.37. The molecule has 0 N–H and O–H groups in total. The zero-order valence-corrected chi connectivity index (χ0v) is 19.0. The van der Waals surface area contributed by atoms with E-state index in [2.05, 4.69) is 42.5 Å². The number of rotatable bonds is 1. The molecule has 0 saturated heterocycles. The fourth-order valence-corrected chi connectivity index (χ4v) is 8.90. The highest BCUT2D eigenvalue weighted by Crippen LogP contribution is 2.55. The van der Waals surface area contributed by atoms with E-state index in [4.69, 9.17) is 4.98 Å². The van der Waals surface area contributed by atoms with Crippen molar-refractivity contribution in [1.82, 2.24) is 4.98 Å². The van der Waals surface area contributed by atoms with Gasteiger partial charge in [-0.25, -0.2) is 4.98 Å². The van der Waals surface area contributed by atoms with Crippen LogP contribution >= 0.6 is 0 Å². The Hall–Kier alpha value is -2.15. The summed E-state index contributed by atoms with van der Waals surface area (Å²) >= 11 is 0. The van der Waals surface area contributed by atoms with Crippen molar-refractivity contribution in [3.05, 3.63) is 64.7 Å². The number of pyridine rings is 1. The van der Waals surface area contributed by atoms with Gasteiger partial charge in [0.05, 0.1) is 11.2 Å². The van der Waals surface area contributed by atoms with E-state index in [-0.39, 0.29) is 0 Å². The van der Waals surface area contributed by atoms with Crippen molar-refractivity contribution in [3.8, 4) is 11.3 Å². The summed E-state index contributed by atoms with van der Waals surface area (Å²) in [5, 5.41) is 1.43. The van der Waals surface area contributed by atoms with E-state index in [0.717, 1.165) is 35.5 Å². The van der Waals surface area contributed by atoms with E-state index in [9.17, 15) is 0 Å². The standard InChI is InChI=1S/C31H33N/c1-2-4-28-26(3-1)29-19-7-9-20(10-8-19)30(29)31(32-28)23-12-11-22-15-21-6-5-18-13-24(21)16-25(14-18)27(22)17-23/h1-4,11-12,17-21,24-25H,5-10,13-16H2. The van der Waals surface area contributed by atoms with Crippen LogP contribution in [-0.2, 0) is 6.42 Å². The third-order valence-corrected chi connectivity index (χ3v) is 10.3. The molecule has 4 unspecified atom stereocenters. The van der Waals surface area contributed by atoms with Gasteiger partial charge in [0, 0.05) is 10.9 Å². The maximum atomic E-state index is 5.37. The molecule has 3 fully saturated rings. The van der Waals surface area contributed by atoms with Crippen molar-refractivity contribution in [2.75, 3.05) is 0 Å². The van der Waals surface area contributed by atoms with E-state index >= 15 is 0 Å². The number of benzene rings is 2. The van der Waals surface area contributed by atoms with Gasteiger partial charge >= 0.3 is 0 Å². The Morgan fingerprint density at radius 1 is 0.688 bits per heavy atom. The summed E-state index contributed by atoms with van der Waals surface area (Å²) in [6.07, 6.45) is 14.2. The number of nitrogens with zero attached hydrogens (tertiary/aromatic N) is 1. The summed E-state index contributed by atoms with van der Waals surface area (Å²) in [4.78, 5) is 5.37. The third kappa shape index (κ3) is 2.54. The van der Waals surface area contributed by atoms with Crippen LogP contribution in [0.1, 0.15) is 97.8 Å². The number of hydrogen-bond donors (Lipinski definition) is 0. The number of hydrogen-bond acceptors (Lipinski definition) is 1. The van der Waals surface area contributed by atoms with Crippen molar-refractivity contribution >= 4 is 10.9 Å². The molecule has 1 heterocycles. The molecule has 3 saturated carbocycles. The third-order valence-electron chi connectivity index (χ3n) is 10.3. The summed E-state index contributed by atoms with van der Waals surface area (Å²) < 4.78 is 0. The Labute approximate surface area is 191 Å². The summed E-state index contributed by atoms with van der Waals surface area (Å²) in [6, 6.07) is 16.5. The van der Waals surface area contributed by atoms with E-state index < -0.39 is 0 Å². The Balaban J connectivity index is 1.33. The molecule has 1 aromatic heterocycles. The highest BCUT2D eigenvalue weighted by molar-refractivity contribution is 5.89. The van der Waals surface area contributed by atoms with Crippen LogP contribution < -0.4 is 0 Å². The van der Waals surface area contributed by atoms with Crippen LogP contribution in [0.2, 0.25) is 0 Å². The van der Waals surface area contributed by atoms with Crippen LogP contribution in [-0.4, -0.2) is 4.98 Å². The summed E-state index contributed by atoms with van der Waals surface area (Å²) in [5.74, 6) is 5.20. The van der Waals surface area contributed by atoms with Crippen LogP contribution in [0, 0.1) is 17.8 Å². The smallest absolute Gasteiger partial charge is 0.0747 e. The lowest BCUT2D eigenvalue weighted by atomic mass is 9.64. The Morgan fingerprint density at radius 3 is 2.44 bits per heavy atom. The zero-order chi connectivity index (χ0) is 20.8. The minimum Gasteiger partial charge on any atom is -0.247 e. The predicted octanol–water partition coefficient (Wildman–Crippen LogP) is 8.12. The molecule has 9 rings (SSSR count). The minimum atomic E-state index is 0.718. The molecule has 0 amide bonds. The number of aromatic nitrogens is 1. The Morgan fingerprint density at radius 2 is 1.53 bits per heavy atom. The fraction of sp³-hybridized carbons (Fsp3) is 0.516. The first-order valence-corrected chi connectivity index (χ1v) is 13.4. The number of para-hydroxylation sites is 1. The van der Waals surface area contributed by atoms with Gasteiger partial charge in [0.25, 0.3) is 0 Å². The molecule has 3 aromatic rings. The fourth-order valence-electron chi connectivity index (χ4n) is 8.90. The summed E-state index contributed by atoms with van der Waals surface area (Å²) in [7, 11) is 0. The molecule has 5 bridgehead atoms. The van der Waals surface area contributed by atoms with Gasteiger partial charge in [0.15, 0.2) is 0 Å². The van der Waals surface area contributed by atoms with Gasteiger partial charge in [-0.3, -0.25) is 0 Å². The largest absolute Gasteiger partial charge is 0.247 e. The van der Waals surface area contributed by atoms with Gasteiger partial charge in [0.1, 0.15) is 0 Å². The Bertz CT molecular complexity index is 1230. The lowest BCUT2D eigenvalue weighted by Crippen LogP contribution is -2.30. The maximum Gasteiger partial charge on any atom is 0.0747 e. The molecule has 0 spiro atoms. The van der Waals surface area contributed by atoms with Gasteiger partial charge in [-0.15, -0.1) is 0 Å². The SMILES string of the molecule is c1ccc2c3c(c(-c4ccc5c(c4)C4CC6CCC(C5)C(C6)C4)nc2c1)C1CCC3CC1. The monoisotopic (exact) mass is 419 g/mol. The van der Waals surface area contributed by atoms with Crippen molar-refractivity contribution in [2.24, 2.45) is 17.8 Å². The molecule has 32 heavy (non-hydrogen) atoms. The van der Waals surface area contributed by atoms with E-state index in [1.807, 2.05) is 0 Å². The molecule has 0 radical (unpaired) electrons. The molecule has 6 aliphatic rings. The zero-order valence-electron chi connectivity index (χ0n) is 19.0. The molecule has 4 atom stereocenters. The summed E-state index contributed by atoms with van der Waals surface area (Å²) in [6.45, 7) is 0. The van der Waals surface area contributed by atoms with Crippen LogP contribution in [0.4, 0.5) is 0 Å². The topological polar surface area (TPSA) is 12.9 Å². The first kappa shape index (κ1) is 18.3. The lowest BCUT2D eigenvalue weighted by molar-refractivity contribution is 0.115. The average Bonchev–Trinajstić information content (AvgIpc) is 2.92. The Kier molecular flexibility index (Phi) is 3.82. The average molecular weight is 420 g/mol. The highest BCUT2D eigenvalue weighted by atomic mass is 14.7. The van der Waals surface area contributed by atoms with Crippen molar-refractivity contribution < 1.29 is 0 Å². The summed E-state index contributed by atoms with van der Waals surface area (Å²) in [5.41, 5.74) is 10.6. The van der Waals surface area contributed by atoms with Crippen molar-refractivity contribution in [2.45, 2.75) is 82.0 Å². The first-order chi connectivity index (χ1) is 15.8. The molecule has 1 nitrogen and oxygen atoms in total. The molecule has 162 valence electrons. The van der Waals surface area contributed by atoms with E-state index in [1.165, 1.54) is 86.4 Å². The van der Waals surface area contributed by atoms with Gasteiger partial charge in [-0.1, -0.05) is 36.8 Å². The molecular weight excluding hydrogens is 386 g/mol. The molecule has 0 aliphatic heterocycles. The quantitative estimate of drug-likeness (QED) is 0.388. The highest BCUT2D eigenvalue weighted by Gasteiger charge is 2.41. The minimum absolute atomic E-state index is 0.718. The normalized spacial score (nSPS) is 34.2. The van der Waals surface area contributed by atoms with E-state index in [0.29, 0.717) is 0 Å². The van der Waals surface area contributed by atoms with Crippen LogP contribution in [0.25, 0.3) is 22.2 Å². The predicted molar refractivity (Wildman–Crippen MR) is 131 cm³/mol. The molecule has 6 aliphatic carbocycles. The second-order valence-electron chi connectivity index (χ2n) is 11.8. The van der Waals surface area contributed by atoms with Crippen molar-refractivity contribution in [3.63, 3.8) is 0 Å². The van der Waals surface area contributed by atoms with Crippen LogP contribution in [0.5, 0.6) is 0 Å². The van der Waals surface area contributed by atoms with Gasteiger partial charge in [-0.2, -0.15) is 0 Å². The van der Waals surface area contributed by atoms with Crippen LogP contribution in [0.15, 0.2) is 42.5 Å². The van der Waals surface area contributed by atoms with Gasteiger partial charge in [-0.05, 0) is 128 Å². The van der Waals surface area contributed by atoms with E-state index in [1.54, 1.807) is 22.3 Å². The first-order valence-electron chi connectivity index (χ1n) is 13.4. The number of fused-ring (bicyclic) bond motifs is 7. The molecule has 2 aromatic carbocycles. The molecular formula is C31H33N. The second kappa shape index (κ2) is 6.69. The lowest BCUT2D eigenvalue weighted by Gasteiger charge is -2.41. The molecule has 1 heteroatoms.